The average Bonchev–Trinajstić information content (AvgIpc) is 2.84. The van der Waals surface area contributed by atoms with Crippen LogP contribution in [0.1, 0.15) is 39.5 Å². The zero-order valence-corrected chi connectivity index (χ0v) is 12.4. The monoisotopic (exact) mass is 301 g/mol. The number of para-hydroxylation sites is 1. The van der Waals surface area contributed by atoms with Gasteiger partial charge < -0.3 is 10.4 Å². The van der Waals surface area contributed by atoms with E-state index in [1.807, 2.05) is 18.2 Å². The van der Waals surface area contributed by atoms with Crippen molar-refractivity contribution in [2.45, 2.75) is 25.8 Å². The SMILES string of the molecule is Cc1cccc(C(=O)NC2CCc3cc(Cl)ccc32)c1O. The molecule has 1 unspecified atom stereocenters. The lowest BCUT2D eigenvalue weighted by Crippen LogP contribution is -2.27. The van der Waals surface area contributed by atoms with Gasteiger partial charge >= 0.3 is 0 Å². The highest BCUT2D eigenvalue weighted by Gasteiger charge is 2.25. The third-order valence-electron chi connectivity index (χ3n) is 3.97. The molecule has 0 fully saturated rings. The molecule has 0 heterocycles. The fraction of sp³-hybridized carbons (Fsp3) is 0.235. The molecule has 1 amide bonds. The number of hydrogen-bond acceptors (Lipinski definition) is 2. The van der Waals surface area contributed by atoms with E-state index >= 15 is 0 Å². The molecule has 1 atom stereocenters. The van der Waals surface area contributed by atoms with E-state index in [-0.39, 0.29) is 17.7 Å². The van der Waals surface area contributed by atoms with Crippen LogP contribution in [0.5, 0.6) is 5.75 Å². The van der Waals surface area contributed by atoms with Crippen LogP contribution in [0.3, 0.4) is 0 Å². The molecule has 0 aliphatic heterocycles. The van der Waals surface area contributed by atoms with Crippen LogP contribution >= 0.6 is 11.6 Å². The van der Waals surface area contributed by atoms with Crippen molar-refractivity contribution in [3.63, 3.8) is 0 Å². The van der Waals surface area contributed by atoms with E-state index in [4.69, 9.17) is 11.6 Å². The van der Waals surface area contributed by atoms with E-state index in [2.05, 4.69) is 5.32 Å². The normalized spacial score (nSPS) is 16.6. The second-order valence-corrected chi connectivity index (χ2v) is 5.82. The number of phenolic OH excluding ortho intramolecular Hbond substituents is 1. The molecule has 2 N–H and O–H groups in total. The van der Waals surface area contributed by atoms with Gasteiger partial charge in [-0.25, -0.2) is 0 Å². The van der Waals surface area contributed by atoms with Crippen molar-refractivity contribution in [3.05, 3.63) is 63.7 Å². The third-order valence-corrected chi connectivity index (χ3v) is 4.21. The predicted octanol–water partition coefficient (Wildman–Crippen LogP) is 3.77. The van der Waals surface area contributed by atoms with E-state index in [0.29, 0.717) is 11.1 Å². The van der Waals surface area contributed by atoms with Crippen molar-refractivity contribution in [3.8, 4) is 5.75 Å². The first kappa shape index (κ1) is 14.0. The van der Waals surface area contributed by atoms with Gasteiger partial charge in [-0.3, -0.25) is 4.79 Å². The van der Waals surface area contributed by atoms with Crippen LogP contribution < -0.4 is 5.32 Å². The summed E-state index contributed by atoms with van der Waals surface area (Å²) in [4.78, 5) is 12.4. The van der Waals surface area contributed by atoms with Gasteiger partial charge in [-0.2, -0.15) is 0 Å². The lowest BCUT2D eigenvalue weighted by atomic mass is 10.1. The van der Waals surface area contributed by atoms with Crippen molar-refractivity contribution >= 4 is 17.5 Å². The molecule has 0 saturated carbocycles. The summed E-state index contributed by atoms with van der Waals surface area (Å²) in [6.45, 7) is 1.78. The predicted molar refractivity (Wildman–Crippen MR) is 82.8 cm³/mol. The molecular weight excluding hydrogens is 286 g/mol. The minimum atomic E-state index is -0.246. The first-order valence-corrected chi connectivity index (χ1v) is 7.32. The lowest BCUT2D eigenvalue weighted by molar-refractivity contribution is 0.0934. The summed E-state index contributed by atoms with van der Waals surface area (Å²) in [5.41, 5.74) is 3.31. The second-order valence-electron chi connectivity index (χ2n) is 5.38. The number of carbonyl (C=O) groups excluding carboxylic acids is 1. The largest absolute Gasteiger partial charge is 0.507 e. The molecule has 3 nitrogen and oxygen atoms in total. The van der Waals surface area contributed by atoms with Crippen molar-refractivity contribution in [2.75, 3.05) is 0 Å². The van der Waals surface area contributed by atoms with Gasteiger partial charge in [-0.15, -0.1) is 0 Å². The van der Waals surface area contributed by atoms with Crippen LogP contribution in [-0.4, -0.2) is 11.0 Å². The topological polar surface area (TPSA) is 49.3 Å². The maximum Gasteiger partial charge on any atom is 0.255 e. The standard InChI is InChI=1S/C17H16ClNO2/c1-10-3-2-4-14(16(10)20)17(21)19-15-8-5-11-9-12(18)6-7-13(11)15/h2-4,6-7,9,15,20H,5,8H2,1H3,(H,19,21). The Balaban J connectivity index is 1.83. The number of carbonyl (C=O) groups is 1. The molecule has 0 radical (unpaired) electrons. The Bertz CT molecular complexity index is 712. The van der Waals surface area contributed by atoms with Crippen molar-refractivity contribution in [1.82, 2.24) is 5.32 Å². The number of benzene rings is 2. The zero-order chi connectivity index (χ0) is 15.0. The highest BCUT2D eigenvalue weighted by molar-refractivity contribution is 6.30. The number of halogens is 1. The lowest BCUT2D eigenvalue weighted by Gasteiger charge is -2.15. The molecule has 2 aromatic carbocycles. The number of fused-ring (bicyclic) bond motifs is 1. The van der Waals surface area contributed by atoms with Crippen LogP contribution in [0.25, 0.3) is 0 Å². The average molecular weight is 302 g/mol. The summed E-state index contributed by atoms with van der Waals surface area (Å²) in [5.74, 6) is -0.201. The first-order chi connectivity index (χ1) is 10.1. The van der Waals surface area contributed by atoms with Crippen LogP contribution in [0.15, 0.2) is 36.4 Å². The fourth-order valence-electron chi connectivity index (χ4n) is 2.81. The van der Waals surface area contributed by atoms with Crippen LogP contribution in [-0.2, 0) is 6.42 Å². The Morgan fingerprint density at radius 3 is 2.95 bits per heavy atom. The van der Waals surface area contributed by atoms with E-state index in [0.717, 1.165) is 23.4 Å². The molecule has 4 heteroatoms. The molecule has 21 heavy (non-hydrogen) atoms. The second kappa shape index (κ2) is 5.41. The number of aromatic hydroxyl groups is 1. The van der Waals surface area contributed by atoms with Gasteiger partial charge in [0.2, 0.25) is 0 Å². The fourth-order valence-corrected chi connectivity index (χ4v) is 3.01. The van der Waals surface area contributed by atoms with E-state index in [1.54, 1.807) is 25.1 Å². The van der Waals surface area contributed by atoms with E-state index in [1.165, 1.54) is 5.56 Å². The molecule has 1 aliphatic carbocycles. The Morgan fingerprint density at radius 2 is 2.14 bits per heavy atom. The summed E-state index contributed by atoms with van der Waals surface area (Å²) >= 11 is 5.99. The van der Waals surface area contributed by atoms with Gasteiger partial charge in [0.1, 0.15) is 5.75 Å². The molecular formula is C17H16ClNO2. The van der Waals surface area contributed by atoms with Gasteiger partial charge in [0.15, 0.2) is 0 Å². The van der Waals surface area contributed by atoms with Crippen molar-refractivity contribution < 1.29 is 9.90 Å². The smallest absolute Gasteiger partial charge is 0.255 e. The molecule has 0 aromatic heterocycles. The van der Waals surface area contributed by atoms with Crippen molar-refractivity contribution in [1.29, 1.82) is 0 Å². The summed E-state index contributed by atoms with van der Waals surface area (Å²) in [5, 5.41) is 13.7. The minimum Gasteiger partial charge on any atom is -0.507 e. The molecule has 0 spiro atoms. The molecule has 108 valence electrons. The van der Waals surface area contributed by atoms with Gasteiger partial charge in [0.25, 0.3) is 5.91 Å². The third kappa shape index (κ3) is 2.61. The van der Waals surface area contributed by atoms with E-state index in [9.17, 15) is 9.90 Å². The molecule has 0 saturated heterocycles. The van der Waals surface area contributed by atoms with Crippen LogP contribution in [0.2, 0.25) is 5.02 Å². The van der Waals surface area contributed by atoms with Gasteiger partial charge in [0.05, 0.1) is 11.6 Å². The maximum atomic E-state index is 12.4. The van der Waals surface area contributed by atoms with Gasteiger partial charge in [-0.05, 0) is 54.7 Å². The number of rotatable bonds is 2. The Morgan fingerprint density at radius 1 is 1.33 bits per heavy atom. The summed E-state index contributed by atoms with van der Waals surface area (Å²) in [6, 6.07) is 10.9. The summed E-state index contributed by atoms with van der Waals surface area (Å²) in [6.07, 6.45) is 1.76. The number of hydrogen-bond donors (Lipinski definition) is 2. The Labute approximate surface area is 128 Å². The minimum absolute atomic E-state index is 0.0234. The zero-order valence-electron chi connectivity index (χ0n) is 11.7. The quantitative estimate of drug-likeness (QED) is 0.887. The Hall–Kier alpha value is -2.00. The van der Waals surface area contributed by atoms with Crippen molar-refractivity contribution in [2.24, 2.45) is 0 Å². The number of nitrogens with one attached hydrogen (secondary N) is 1. The van der Waals surface area contributed by atoms with Crippen LogP contribution in [0.4, 0.5) is 0 Å². The molecule has 2 aromatic rings. The van der Waals surface area contributed by atoms with Gasteiger partial charge in [0, 0.05) is 5.02 Å². The molecule has 0 bridgehead atoms. The highest BCUT2D eigenvalue weighted by atomic mass is 35.5. The number of phenols is 1. The number of amides is 1. The summed E-state index contributed by atoms with van der Waals surface area (Å²) < 4.78 is 0. The maximum absolute atomic E-state index is 12.4. The molecule has 3 rings (SSSR count). The van der Waals surface area contributed by atoms with E-state index < -0.39 is 0 Å². The highest BCUT2D eigenvalue weighted by Crippen LogP contribution is 2.33. The van der Waals surface area contributed by atoms with Gasteiger partial charge in [-0.1, -0.05) is 29.8 Å². The summed E-state index contributed by atoms with van der Waals surface area (Å²) in [7, 11) is 0. The van der Waals surface area contributed by atoms with Crippen LogP contribution in [0, 0.1) is 6.92 Å². The first-order valence-electron chi connectivity index (χ1n) is 6.94. The number of aryl methyl sites for hydroxylation is 2. The Kier molecular flexibility index (Phi) is 3.60. The molecule has 1 aliphatic rings.